The summed E-state index contributed by atoms with van der Waals surface area (Å²) in [7, 11) is 0. The summed E-state index contributed by atoms with van der Waals surface area (Å²) in [6.45, 7) is 11.6. The zero-order valence-corrected chi connectivity index (χ0v) is 15.7. The van der Waals surface area contributed by atoms with Crippen LogP contribution in [0.1, 0.15) is 48.9 Å². The molecule has 1 unspecified atom stereocenters. The van der Waals surface area contributed by atoms with E-state index in [1.165, 1.54) is 5.56 Å². The molecular formula is C20H32N4. The third kappa shape index (κ3) is 3.44. The van der Waals surface area contributed by atoms with Crippen molar-refractivity contribution in [1.82, 2.24) is 10.6 Å². The van der Waals surface area contributed by atoms with E-state index < -0.39 is 5.66 Å². The fourth-order valence-corrected chi connectivity index (χ4v) is 3.63. The van der Waals surface area contributed by atoms with E-state index in [9.17, 15) is 0 Å². The van der Waals surface area contributed by atoms with Gasteiger partial charge in [0.05, 0.1) is 11.4 Å². The van der Waals surface area contributed by atoms with Crippen molar-refractivity contribution in [1.29, 1.82) is 0 Å². The van der Waals surface area contributed by atoms with Gasteiger partial charge in [-0.1, -0.05) is 44.4 Å². The molecule has 1 aliphatic heterocycles. The maximum absolute atomic E-state index is 6.75. The third-order valence-corrected chi connectivity index (χ3v) is 5.08. The van der Waals surface area contributed by atoms with Gasteiger partial charge in [-0.05, 0) is 43.9 Å². The molecule has 1 atom stereocenters. The first-order valence-electron chi connectivity index (χ1n) is 8.89. The Morgan fingerprint density at radius 2 is 1.71 bits per heavy atom. The Morgan fingerprint density at radius 3 is 2.25 bits per heavy atom. The van der Waals surface area contributed by atoms with E-state index in [1.54, 1.807) is 0 Å². The molecular weight excluding hydrogens is 296 g/mol. The van der Waals surface area contributed by atoms with Gasteiger partial charge < -0.3 is 16.4 Å². The number of dihydropyridines is 1. The van der Waals surface area contributed by atoms with Crippen molar-refractivity contribution in [2.24, 2.45) is 17.4 Å². The van der Waals surface area contributed by atoms with Crippen molar-refractivity contribution < 1.29 is 0 Å². The molecule has 0 bridgehead atoms. The zero-order chi connectivity index (χ0) is 17.9. The van der Waals surface area contributed by atoms with Crippen molar-refractivity contribution in [3.8, 4) is 0 Å². The summed E-state index contributed by atoms with van der Waals surface area (Å²) in [6.07, 6.45) is 6.18. The van der Waals surface area contributed by atoms with Crippen LogP contribution < -0.4 is 22.1 Å². The molecule has 1 aromatic carbocycles. The van der Waals surface area contributed by atoms with Gasteiger partial charge in [-0.3, -0.25) is 5.73 Å². The van der Waals surface area contributed by atoms with Gasteiger partial charge in [0.15, 0.2) is 5.66 Å². The zero-order valence-electron chi connectivity index (χ0n) is 15.7. The Kier molecular flexibility index (Phi) is 5.60. The van der Waals surface area contributed by atoms with E-state index >= 15 is 0 Å². The van der Waals surface area contributed by atoms with Gasteiger partial charge in [-0.2, -0.15) is 0 Å². The molecule has 0 fully saturated rings. The molecule has 0 aromatic heterocycles. The number of nitrogens with two attached hydrogens (primary N) is 2. The molecule has 1 heterocycles. The molecule has 0 aliphatic carbocycles. The number of nitrogens with one attached hydrogen (secondary N) is 2. The summed E-state index contributed by atoms with van der Waals surface area (Å²) < 4.78 is 0. The summed E-state index contributed by atoms with van der Waals surface area (Å²) >= 11 is 0. The van der Waals surface area contributed by atoms with Gasteiger partial charge in [-0.15, -0.1) is 0 Å². The minimum absolute atomic E-state index is 0.642. The van der Waals surface area contributed by atoms with E-state index in [0.717, 1.165) is 41.8 Å². The van der Waals surface area contributed by atoms with Crippen molar-refractivity contribution in [3.05, 3.63) is 58.1 Å². The molecule has 0 spiro atoms. The first-order valence-corrected chi connectivity index (χ1v) is 8.89. The number of allylic oxidation sites excluding steroid dienone is 1. The Bertz CT molecular complexity index is 633. The van der Waals surface area contributed by atoms with Gasteiger partial charge >= 0.3 is 0 Å². The smallest absolute Gasteiger partial charge is 0.155 e. The molecule has 24 heavy (non-hydrogen) atoms. The largest absolute Gasteiger partial charge is 0.397 e. The van der Waals surface area contributed by atoms with E-state index in [1.807, 2.05) is 12.3 Å². The van der Waals surface area contributed by atoms with Crippen LogP contribution in [0.3, 0.4) is 0 Å². The predicted molar refractivity (Wildman–Crippen MR) is 102 cm³/mol. The Balaban J connectivity index is 2.38. The summed E-state index contributed by atoms with van der Waals surface area (Å²) in [5.41, 5.74) is 18.5. The fraction of sp³-hybridized carbons (Fsp3) is 0.500. The summed E-state index contributed by atoms with van der Waals surface area (Å²) in [4.78, 5) is 0. The van der Waals surface area contributed by atoms with Crippen molar-refractivity contribution in [2.75, 3.05) is 6.54 Å². The monoisotopic (exact) mass is 328 g/mol. The highest BCUT2D eigenvalue weighted by Crippen LogP contribution is 2.31. The quantitative estimate of drug-likeness (QED) is 0.647. The molecule has 6 N–H and O–H groups in total. The molecule has 0 amide bonds. The van der Waals surface area contributed by atoms with E-state index in [4.69, 9.17) is 11.5 Å². The minimum atomic E-state index is -0.882. The van der Waals surface area contributed by atoms with Crippen molar-refractivity contribution in [2.45, 2.75) is 53.1 Å². The predicted octanol–water partition coefficient (Wildman–Crippen LogP) is 3.04. The summed E-state index contributed by atoms with van der Waals surface area (Å²) in [5, 5.41) is 6.78. The standard InChI is InChI=1S/C20H32N4/c1-6-16(7-2)12-23-17-8-9-24-20(22,19(17)21)18-14(4)10-13(3)11-15(18)5/h8-11,16,23-24H,6-7,12,21-22H2,1-5H3. The molecule has 2 rings (SSSR count). The highest BCUT2D eigenvalue weighted by Gasteiger charge is 2.36. The maximum Gasteiger partial charge on any atom is 0.155 e. The Morgan fingerprint density at radius 1 is 1.12 bits per heavy atom. The first kappa shape index (κ1) is 18.4. The van der Waals surface area contributed by atoms with E-state index in [-0.39, 0.29) is 0 Å². The summed E-state index contributed by atoms with van der Waals surface area (Å²) in [6, 6.07) is 4.31. The normalized spacial score (nSPS) is 20.5. The van der Waals surface area contributed by atoms with Crippen LogP contribution in [-0.2, 0) is 5.66 Å². The lowest BCUT2D eigenvalue weighted by Gasteiger charge is -2.37. The lowest BCUT2D eigenvalue weighted by atomic mass is 9.86. The number of hydrogen-bond acceptors (Lipinski definition) is 4. The second-order valence-electron chi connectivity index (χ2n) is 6.95. The minimum Gasteiger partial charge on any atom is -0.397 e. The molecule has 1 aromatic rings. The van der Waals surface area contributed by atoms with Crippen LogP contribution in [0, 0.1) is 26.7 Å². The topological polar surface area (TPSA) is 76.1 Å². The third-order valence-electron chi connectivity index (χ3n) is 5.08. The molecule has 4 heteroatoms. The maximum atomic E-state index is 6.75. The molecule has 0 radical (unpaired) electrons. The molecule has 1 aliphatic rings. The van der Waals surface area contributed by atoms with Crippen molar-refractivity contribution >= 4 is 0 Å². The van der Waals surface area contributed by atoms with Crippen LogP contribution in [0.2, 0.25) is 0 Å². The Labute approximate surface area is 146 Å². The van der Waals surface area contributed by atoms with E-state index in [0.29, 0.717) is 11.6 Å². The first-order chi connectivity index (χ1) is 11.3. The Hall–Kier alpha value is -1.94. The van der Waals surface area contributed by atoms with Gasteiger partial charge in [-0.25, -0.2) is 0 Å². The highest BCUT2D eigenvalue weighted by molar-refractivity contribution is 5.49. The molecule has 0 saturated heterocycles. The number of hydrogen-bond donors (Lipinski definition) is 4. The molecule has 132 valence electrons. The lowest BCUT2D eigenvalue weighted by Crippen LogP contribution is -2.55. The molecule has 4 nitrogen and oxygen atoms in total. The average molecular weight is 329 g/mol. The van der Waals surface area contributed by atoms with E-state index in [2.05, 4.69) is 57.4 Å². The second-order valence-corrected chi connectivity index (χ2v) is 6.95. The van der Waals surface area contributed by atoms with Gasteiger partial charge in [0, 0.05) is 18.3 Å². The van der Waals surface area contributed by atoms with Crippen LogP contribution >= 0.6 is 0 Å². The van der Waals surface area contributed by atoms with Crippen LogP contribution in [0.5, 0.6) is 0 Å². The SMILES string of the molecule is CCC(CC)CNC1=C(N)C(N)(c2c(C)cc(C)cc2C)NC=C1. The molecule has 0 saturated carbocycles. The number of benzene rings is 1. The average Bonchev–Trinajstić information content (AvgIpc) is 2.51. The fourth-order valence-electron chi connectivity index (χ4n) is 3.63. The van der Waals surface area contributed by atoms with Crippen LogP contribution in [0.15, 0.2) is 35.8 Å². The number of aryl methyl sites for hydroxylation is 3. The van der Waals surface area contributed by atoms with Crippen molar-refractivity contribution in [3.63, 3.8) is 0 Å². The lowest BCUT2D eigenvalue weighted by molar-refractivity contribution is 0.430. The summed E-state index contributed by atoms with van der Waals surface area (Å²) in [5.74, 6) is 0.642. The highest BCUT2D eigenvalue weighted by atomic mass is 15.1. The van der Waals surface area contributed by atoms with Crippen LogP contribution in [0.4, 0.5) is 0 Å². The van der Waals surface area contributed by atoms with Crippen LogP contribution in [-0.4, -0.2) is 6.54 Å². The van der Waals surface area contributed by atoms with Gasteiger partial charge in [0.2, 0.25) is 0 Å². The second kappa shape index (κ2) is 7.31. The van der Waals surface area contributed by atoms with Gasteiger partial charge in [0.1, 0.15) is 0 Å². The van der Waals surface area contributed by atoms with Gasteiger partial charge in [0.25, 0.3) is 0 Å². The van der Waals surface area contributed by atoms with Crippen LogP contribution in [0.25, 0.3) is 0 Å². The number of rotatable bonds is 6.